The number of carbonyl (C=O) groups is 1. The maximum Gasteiger partial charge on any atom is 0.234 e. The van der Waals surface area contributed by atoms with E-state index in [1.807, 2.05) is 42.5 Å². The number of rotatable bonds is 6. The predicted octanol–water partition coefficient (Wildman–Crippen LogP) is 5.33. The Morgan fingerprint density at radius 3 is 2.39 bits per heavy atom. The van der Waals surface area contributed by atoms with Gasteiger partial charge in [0.25, 0.3) is 0 Å². The summed E-state index contributed by atoms with van der Waals surface area (Å²) >= 11 is 1.21. The zero-order valence-electron chi connectivity index (χ0n) is 17.4. The maximum atomic E-state index is 13.3. The number of hydrogen-bond donors (Lipinski definition) is 1. The number of thioether (sulfide) groups is 1. The average Bonchev–Trinajstić information content (AvgIpc) is 3.26. The van der Waals surface area contributed by atoms with Crippen molar-refractivity contribution in [1.82, 2.24) is 19.8 Å². The first-order chi connectivity index (χ1) is 16.2. The molecule has 0 fully saturated rings. The quantitative estimate of drug-likeness (QED) is 0.351. The van der Waals surface area contributed by atoms with Gasteiger partial charge in [-0.2, -0.15) is 9.61 Å². The van der Waals surface area contributed by atoms with Gasteiger partial charge in [0.1, 0.15) is 5.82 Å². The van der Waals surface area contributed by atoms with Gasteiger partial charge in [0, 0.05) is 11.3 Å². The molecule has 1 N–H and O–H groups in total. The van der Waals surface area contributed by atoms with Crippen molar-refractivity contribution in [2.75, 3.05) is 11.1 Å². The predicted molar refractivity (Wildman–Crippen MR) is 127 cm³/mol. The number of amides is 1. The Morgan fingerprint density at radius 1 is 0.848 bits per heavy atom. The number of hydrogen-bond acceptors (Lipinski definition) is 5. The van der Waals surface area contributed by atoms with Crippen LogP contribution in [0.3, 0.4) is 0 Å². The molecule has 0 radical (unpaired) electrons. The van der Waals surface area contributed by atoms with Crippen LogP contribution in [-0.4, -0.2) is 31.5 Å². The number of fused-ring (bicyclic) bond motifs is 1. The molecule has 33 heavy (non-hydrogen) atoms. The summed E-state index contributed by atoms with van der Waals surface area (Å²) < 4.78 is 14.9. The molecule has 3 aromatic carbocycles. The Labute approximate surface area is 193 Å². The molecule has 8 heteroatoms. The molecule has 0 aliphatic carbocycles. The van der Waals surface area contributed by atoms with E-state index in [4.69, 9.17) is 0 Å². The number of halogens is 1. The smallest absolute Gasteiger partial charge is 0.234 e. The van der Waals surface area contributed by atoms with Crippen molar-refractivity contribution in [3.05, 3.63) is 96.8 Å². The molecule has 0 spiro atoms. The van der Waals surface area contributed by atoms with Gasteiger partial charge >= 0.3 is 0 Å². The molecule has 5 rings (SSSR count). The van der Waals surface area contributed by atoms with Gasteiger partial charge in [0.05, 0.1) is 11.4 Å². The number of anilines is 1. The summed E-state index contributed by atoms with van der Waals surface area (Å²) in [4.78, 5) is 12.3. The average molecular weight is 456 g/mol. The summed E-state index contributed by atoms with van der Waals surface area (Å²) in [7, 11) is 0. The van der Waals surface area contributed by atoms with Crippen LogP contribution < -0.4 is 5.32 Å². The summed E-state index contributed by atoms with van der Waals surface area (Å²) in [6.07, 6.45) is 0. The van der Waals surface area contributed by atoms with Gasteiger partial charge in [-0.15, -0.1) is 10.2 Å². The summed E-state index contributed by atoms with van der Waals surface area (Å²) in [5.41, 5.74) is 5.02. The Balaban J connectivity index is 1.32. The maximum absolute atomic E-state index is 13.3. The fraction of sp³-hybridized carbons (Fsp3) is 0.0400. The van der Waals surface area contributed by atoms with Gasteiger partial charge in [-0.05, 0) is 41.5 Å². The highest BCUT2D eigenvalue weighted by Crippen LogP contribution is 2.25. The second kappa shape index (κ2) is 9.22. The molecule has 6 nitrogen and oxygen atoms in total. The van der Waals surface area contributed by atoms with Crippen molar-refractivity contribution < 1.29 is 9.18 Å². The SMILES string of the molecule is O=C(CSc1nnc2ccc(-c3ccc(-c4ccccc4)cc3)nn12)Nc1cccc(F)c1. The molecule has 0 atom stereocenters. The van der Waals surface area contributed by atoms with Crippen LogP contribution in [0.4, 0.5) is 10.1 Å². The zero-order chi connectivity index (χ0) is 22.6. The van der Waals surface area contributed by atoms with Crippen LogP contribution in [0.15, 0.2) is 96.2 Å². The Hall–Kier alpha value is -4.04. The van der Waals surface area contributed by atoms with Gasteiger partial charge in [0.2, 0.25) is 11.1 Å². The minimum atomic E-state index is -0.405. The molecule has 0 saturated heterocycles. The highest BCUT2D eigenvalue weighted by molar-refractivity contribution is 7.99. The lowest BCUT2D eigenvalue weighted by Gasteiger charge is -2.06. The van der Waals surface area contributed by atoms with E-state index in [0.717, 1.165) is 22.4 Å². The van der Waals surface area contributed by atoms with E-state index in [2.05, 4.69) is 44.9 Å². The van der Waals surface area contributed by atoms with Crippen molar-refractivity contribution in [3.63, 3.8) is 0 Å². The molecule has 0 bridgehead atoms. The Bertz CT molecular complexity index is 1420. The molecule has 1 amide bonds. The number of nitrogens with one attached hydrogen (secondary N) is 1. The third-order valence-electron chi connectivity index (χ3n) is 4.96. The fourth-order valence-electron chi connectivity index (χ4n) is 3.37. The van der Waals surface area contributed by atoms with Gasteiger partial charge in [-0.1, -0.05) is 72.4 Å². The molecule has 0 aliphatic heterocycles. The van der Waals surface area contributed by atoms with Crippen molar-refractivity contribution in [3.8, 4) is 22.4 Å². The first-order valence-corrected chi connectivity index (χ1v) is 11.2. The van der Waals surface area contributed by atoms with Gasteiger partial charge in [0.15, 0.2) is 5.65 Å². The third kappa shape index (κ3) is 4.75. The molecular weight excluding hydrogens is 437 g/mol. The van der Waals surface area contributed by atoms with Crippen molar-refractivity contribution in [1.29, 1.82) is 0 Å². The summed E-state index contributed by atoms with van der Waals surface area (Å²) in [5, 5.41) is 16.1. The first kappa shape index (κ1) is 20.8. The van der Waals surface area contributed by atoms with Crippen molar-refractivity contribution in [2.24, 2.45) is 0 Å². The molecule has 162 valence electrons. The topological polar surface area (TPSA) is 72.2 Å². The van der Waals surface area contributed by atoms with E-state index >= 15 is 0 Å². The standard InChI is InChI=1S/C25H18FN5OS/c26-20-7-4-8-21(15-20)27-24(32)16-33-25-29-28-23-14-13-22(30-31(23)25)19-11-9-18(10-12-19)17-5-2-1-3-6-17/h1-15H,16H2,(H,27,32). The molecule has 5 aromatic rings. The summed E-state index contributed by atoms with van der Waals surface area (Å²) in [6, 6.07) is 27.9. The van der Waals surface area contributed by atoms with Crippen molar-refractivity contribution >= 4 is 29.0 Å². The second-order valence-electron chi connectivity index (χ2n) is 7.26. The first-order valence-electron chi connectivity index (χ1n) is 10.2. The van der Waals surface area contributed by atoms with E-state index in [-0.39, 0.29) is 11.7 Å². The van der Waals surface area contributed by atoms with Crippen LogP contribution in [0.25, 0.3) is 28.0 Å². The van der Waals surface area contributed by atoms with E-state index in [9.17, 15) is 9.18 Å². The third-order valence-corrected chi connectivity index (χ3v) is 5.88. The van der Waals surface area contributed by atoms with Crippen molar-refractivity contribution in [2.45, 2.75) is 5.16 Å². The summed E-state index contributed by atoms with van der Waals surface area (Å²) in [6.45, 7) is 0. The normalized spacial score (nSPS) is 10.9. The molecule has 0 saturated carbocycles. The van der Waals surface area contributed by atoms with E-state index in [0.29, 0.717) is 16.5 Å². The van der Waals surface area contributed by atoms with Gasteiger partial charge in [-0.3, -0.25) is 4.79 Å². The van der Waals surface area contributed by atoms with Crippen LogP contribution in [0.2, 0.25) is 0 Å². The molecule has 0 aliphatic rings. The highest BCUT2D eigenvalue weighted by Gasteiger charge is 2.12. The van der Waals surface area contributed by atoms with Crippen LogP contribution in [-0.2, 0) is 4.79 Å². The second-order valence-corrected chi connectivity index (χ2v) is 8.20. The monoisotopic (exact) mass is 455 g/mol. The number of nitrogens with zero attached hydrogens (tertiary/aromatic N) is 4. The Morgan fingerprint density at radius 2 is 1.61 bits per heavy atom. The lowest BCUT2D eigenvalue weighted by Crippen LogP contribution is -2.14. The molecule has 2 aromatic heterocycles. The van der Waals surface area contributed by atoms with Gasteiger partial charge < -0.3 is 5.32 Å². The fourth-order valence-corrected chi connectivity index (χ4v) is 4.06. The largest absolute Gasteiger partial charge is 0.325 e. The van der Waals surface area contributed by atoms with Crippen LogP contribution >= 0.6 is 11.8 Å². The summed E-state index contributed by atoms with van der Waals surface area (Å²) in [5.74, 6) is -0.581. The lowest BCUT2D eigenvalue weighted by molar-refractivity contribution is -0.113. The van der Waals surface area contributed by atoms with E-state index in [1.165, 1.54) is 23.9 Å². The van der Waals surface area contributed by atoms with Crippen LogP contribution in [0.5, 0.6) is 0 Å². The minimum Gasteiger partial charge on any atom is -0.325 e. The number of benzene rings is 3. The lowest BCUT2D eigenvalue weighted by atomic mass is 10.0. The van der Waals surface area contributed by atoms with Gasteiger partial charge in [-0.25, -0.2) is 4.39 Å². The molecule has 2 heterocycles. The molecule has 0 unspecified atom stereocenters. The van der Waals surface area contributed by atoms with E-state index in [1.54, 1.807) is 16.6 Å². The van der Waals surface area contributed by atoms with Crippen LogP contribution in [0, 0.1) is 5.82 Å². The Kier molecular flexibility index (Phi) is 5.82. The number of aromatic nitrogens is 4. The highest BCUT2D eigenvalue weighted by atomic mass is 32.2. The van der Waals surface area contributed by atoms with Crippen LogP contribution in [0.1, 0.15) is 0 Å². The molecular formula is C25H18FN5OS. The van der Waals surface area contributed by atoms with E-state index < -0.39 is 5.82 Å². The number of carbonyl (C=O) groups excluding carboxylic acids is 1. The minimum absolute atomic E-state index is 0.0922. The zero-order valence-corrected chi connectivity index (χ0v) is 18.2.